The highest BCUT2D eigenvalue weighted by atomic mass is 16.5. The molecule has 0 aliphatic heterocycles. The van der Waals surface area contributed by atoms with Crippen molar-refractivity contribution in [3.05, 3.63) is 29.8 Å². The zero-order valence-corrected chi connectivity index (χ0v) is 14.1. The fraction of sp³-hybridized carbons (Fsp3) is 0.647. The Labute approximate surface area is 130 Å². The number of para-hydroxylation sites is 1. The summed E-state index contributed by atoms with van der Waals surface area (Å²) in [4.78, 5) is 4.68. The molecule has 0 atom stereocenters. The second kappa shape index (κ2) is 10.6. The molecule has 4 nitrogen and oxygen atoms in total. The third-order valence-electron chi connectivity index (χ3n) is 3.53. The van der Waals surface area contributed by atoms with E-state index in [2.05, 4.69) is 54.3 Å². The van der Waals surface area contributed by atoms with Gasteiger partial charge in [-0.25, -0.2) is 0 Å². The molecule has 0 unspecified atom stereocenters. The molecule has 1 aromatic carbocycles. The summed E-state index contributed by atoms with van der Waals surface area (Å²) in [5.41, 5.74) is 1.22. The lowest BCUT2D eigenvalue weighted by Gasteiger charge is -2.22. The standard InChI is InChI=1S/C17H31N3O/c1-5-20(12-8-11-19(3)4)13-14-21-17-10-7-6-9-16(17)15-18-2/h6-7,9-10,18H,5,8,11-15H2,1-4H3. The Morgan fingerprint density at radius 2 is 1.86 bits per heavy atom. The van der Waals surface area contributed by atoms with Gasteiger partial charge in [-0.05, 0) is 53.3 Å². The van der Waals surface area contributed by atoms with E-state index < -0.39 is 0 Å². The predicted octanol–water partition coefficient (Wildman–Crippen LogP) is 2.06. The minimum Gasteiger partial charge on any atom is -0.492 e. The molecule has 21 heavy (non-hydrogen) atoms. The molecule has 0 radical (unpaired) electrons. The normalized spacial score (nSPS) is 11.3. The van der Waals surface area contributed by atoms with Crippen LogP contribution in [0.15, 0.2) is 24.3 Å². The highest BCUT2D eigenvalue weighted by Gasteiger charge is 2.05. The van der Waals surface area contributed by atoms with Crippen LogP contribution in [0.5, 0.6) is 5.75 Å². The fourth-order valence-electron chi connectivity index (χ4n) is 2.30. The van der Waals surface area contributed by atoms with E-state index in [0.29, 0.717) is 0 Å². The summed E-state index contributed by atoms with van der Waals surface area (Å²) >= 11 is 0. The maximum absolute atomic E-state index is 5.96. The van der Waals surface area contributed by atoms with Gasteiger partial charge in [0.05, 0.1) is 0 Å². The van der Waals surface area contributed by atoms with Gasteiger partial charge in [0.25, 0.3) is 0 Å². The van der Waals surface area contributed by atoms with Gasteiger partial charge in [0.2, 0.25) is 0 Å². The Kier molecular flexibility index (Phi) is 9.06. The summed E-state index contributed by atoms with van der Waals surface area (Å²) in [6.07, 6.45) is 1.21. The number of likely N-dealkylation sites (N-methyl/N-ethyl adjacent to an activating group) is 1. The van der Waals surface area contributed by atoms with Crippen LogP contribution in [-0.4, -0.2) is 63.7 Å². The first-order valence-corrected chi connectivity index (χ1v) is 7.89. The molecule has 0 aliphatic rings. The van der Waals surface area contributed by atoms with E-state index >= 15 is 0 Å². The summed E-state index contributed by atoms with van der Waals surface area (Å²) < 4.78 is 5.96. The van der Waals surface area contributed by atoms with E-state index in [1.165, 1.54) is 12.0 Å². The van der Waals surface area contributed by atoms with Gasteiger partial charge in [0.15, 0.2) is 0 Å². The first-order chi connectivity index (χ1) is 10.2. The van der Waals surface area contributed by atoms with Crippen LogP contribution in [0.3, 0.4) is 0 Å². The van der Waals surface area contributed by atoms with Crippen molar-refractivity contribution >= 4 is 0 Å². The Morgan fingerprint density at radius 1 is 1.10 bits per heavy atom. The van der Waals surface area contributed by atoms with Crippen molar-refractivity contribution in [2.24, 2.45) is 0 Å². The first kappa shape index (κ1) is 18.0. The predicted molar refractivity (Wildman–Crippen MR) is 90.0 cm³/mol. The molecule has 0 heterocycles. The molecule has 0 fully saturated rings. The van der Waals surface area contributed by atoms with Crippen LogP contribution in [-0.2, 0) is 6.54 Å². The quantitative estimate of drug-likeness (QED) is 0.676. The van der Waals surface area contributed by atoms with E-state index in [-0.39, 0.29) is 0 Å². The zero-order valence-electron chi connectivity index (χ0n) is 14.1. The Hall–Kier alpha value is -1.10. The lowest BCUT2D eigenvalue weighted by molar-refractivity contribution is 0.207. The molecular formula is C17H31N3O. The molecule has 0 spiro atoms. The van der Waals surface area contributed by atoms with Crippen molar-refractivity contribution < 1.29 is 4.74 Å². The average molecular weight is 293 g/mol. The summed E-state index contributed by atoms with van der Waals surface area (Å²) in [6, 6.07) is 8.25. The van der Waals surface area contributed by atoms with Gasteiger partial charge in [-0.3, -0.25) is 0 Å². The third kappa shape index (κ3) is 7.46. The number of nitrogens with zero attached hydrogens (tertiary/aromatic N) is 2. The Bertz CT molecular complexity index is 382. The van der Waals surface area contributed by atoms with Crippen molar-refractivity contribution in [2.45, 2.75) is 19.9 Å². The first-order valence-electron chi connectivity index (χ1n) is 7.89. The number of hydrogen-bond acceptors (Lipinski definition) is 4. The minimum absolute atomic E-state index is 0.747. The highest BCUT2D eigenvalue weighted by Crippen LogP contribution is 2.17. The third-order valence-corrected chi connectivity index (χ3v) is 3.53. The van der Waals surface area contributed by atoms with Gasteiger partial charge >= 0.3 is 0 Å². The molecule has 0 aliphatic carbocycles. The summed E-state index contributed by atoms with van der Waals surface area (Å²) in [5, 5.41) is 3.18. The van der Waals surface area contributed by atoms with Crippen molar-refractivity contribution in [3.8, 4) is 5.75 Å². The maximum Gasteiger partial charge on any atom is 0.123 e. The second-order valence-corrected chi connectivity index (χ2v) is 5.58. The SMILES string of the molecule is CCN(CCCN(C)C)CCOc1ccccc1CNC. The molecular weight excluding hydrogens is 262 g/mol. The van der Waals surface area contributed by atoms with Crippen LogP contribution in [0.2, 0.25) is 0 Å². The fourth-order valence-corrected chi connectivity index (χ4v) is 2.30. The molecule has 0 saturated heterocycles. The molecule has 1 rings (SSSR count). The molecule has 0 aromatic heterocycles. The van der Waals surface area contributed by atoms with Crippen LogP contribution in [0.4, 0.5) is 0 Å². The van der Waals surface area contributed by atoms with Crippen molar-refractivity contribution in [3.63, 3.8) is 0 Å². The van der Waals surface area contributed by atoms with Gasteiger partial charge in [0.1, 0.15) is 12.4 Å². The molecule has 1 N–H and O–H groups in total. The molecule has 0 bridgehead atoms. The molecule has 0 saturated carbocycles. The zero-order chi connectivity index (χ0) is 15.5. The molecule has 120 valence electrons. The smallest absolute Gasteiger partial charge is 0.123 e. The van der Waals surface area contributed by atoms with Crippen molar-refractivity contribution in [1.29, 1.82) is 0 Å². The lowest BCUT2D eigenvalue weighted by atomic mass is 10.2. The van der Waals surface area contributed by atoms with E-state index in [1.54, 1.807) is 0 Å². The summed E-state index contributed by atoms with van der Waals surface area (Å²) in [6.45, 7) is 8.14. The number of benzene rings is 1. The van der Waals surface area contributed by atoms with Gasteiger partial charge in [0, 0.05) is 18.7 Å². The van der Waals surface area contributed by atoms with Crippen LogP contribution in [0, 0.1) is 0 Å². The van der Waals surface area contributed by atoms with Crippen molar-refractivity contribution in [1.82, 2.24) is 15.1 Å². The average Bonchev–Trinajstić information content (AvgIpc) is 2.47. The lowest BCUT2D eigenvalue weighted by Crippen LogP contribution is -2.31. The topological polar surface area (TPSA) is 27.7 Å². The summed E-state index contributed by atoms with van der Waals surface area (Å²) in [5.74, 6) is 0.996. The van der Waals surface area contributed by atoms with Gasteiger partial charge in [-0.2, -0.15) is 0 Å². The molecule has 0 amide bonds. The monoisotopic (exact) mass is 293 g/mol. The van der Waals surface area contributed by atoms with E-state index in [1.807, 2.05) is 13.1 Å². The Morgan fingerprint density at radius 3 is 2.52 bits per heavy atom. The van der Waals surface area contributed by atoms with Crippen LogP contribution >= 0.6 is 0 Å². The number of ether oxygens (including phenoxy) is 1. The van der Waals surface area contributed by atoms with E-state index in [4.69, 9.17) is 4.74 Å². The maximum atomic E-state index is 5.96. The van der Waals surface area contributed by atoms with E-state index in [9.17, 15) is 0 Å². The number of rotatable bonds is 11. The minimum atomic E-state index is 0.747. The van der Waals surface area contributed by atoms with Crippen LogP contribution in [0.1, 0.15) is 18.9 Å². The second-order valence-electron chi connectivity index (χ2n) is 5.58. The largest absolute Gasteiger partial charge is 0.492 e. The van der Waals surface area contributed by atoms with Crippen LogP contribution in [0.25, 0.3) is 0 Å². The van der Waals surface area contributed by atoms with Crippen LogP contribution < -0.4 is 10.1 Å². The van der Waals surface area contributed by atoms with E-state index in [0.717, 1.165) is 45.1 Å². The number of nitrogens with one attached hydrogen (secondary N) is 1. The summed E-state index contributed by atoms with van der Waals surface area (Å²) in [7, 11) is 6.20. The Balaban J connectivity index is 2.33. The molecule has 4 heteroatoms. The van der Waals surface area contributed by atoms with Crippen molar-refractivity contribution in [2.75, 3.05) is 53.9 Å². The highest BCUT2D eigenvalue weighted by molar-refractivity contribution is 5.33. The number of hydrogen-bond donors (Lipinski definition) is 1. The molecule has 1 aromatic rings. The van der Waals surface area contributed by atoms with Gasteiger partial charge in [-0.15, -0.1) is 0 Å². The van der Waals surface area contributed by atoms with Gasteiger partial charge < -0.3 is 19.9 Å². The van der Waals surface area contributed by atoms with Gasteiger partial charge in [-0.1, -0.05) is 25.1 Å².